The molecule has 0 aromatic carbocycles. The summed E-state index contributed by atoms with van der Waals surface area (Å²) < 4.78 is 6.85. The molecule has 0 aliphatic carbocycles. The van der Waals surface area contributed by atoms with Gasteiger partial charge in [0, 0.05) is 23.0 Å². The first-order chi connectivity index (χ1) is 9.05. The van der Waals surface area contributed by atoms with Crippen molar-refractivity contribution >= 4 is 22.9 Å². The van der Waals surface area contributed by atoms with E-state index in [-0.39, 0.29) is 5.60 Å². The first-order valence-electron chi connectivity index (χ1n) is 6.91. The Hall–Kier alpha value is -0.130. The molecule has 1 aromatic heterocycles. The third kappa shape index (κ3) is 2.24. The second-order valence-corrected chi connectivity index (χ2v) is 7.27. The molecule has 3 heterocycles. The maximum absolute atomic E-state index is 10.1. The van der Waals surface area contributed by atoms with Gasteiger partial charge in [-0.25, -0.2) is 0 Å². The third-order valence-corrected chi connectivity index (χ3v) is 5.94. The molecule has 1 fully saturated rings. The summed E-state index contributed by atoms with van der Waals surface area (Å²) in [5, 5.41) is 10.1. The molecule has 0 bridgehead atoms. The Kier molecular flexibility index (Phi) is 3.65. The van der Waals surface area contributed by atoms with E-state index in [1.807, 2.05) is 6.07 Å². The van der Waals surface area contributed by atoms with Crippen LogP contribution in [0.2, 0.25) is 4.34 Å². The van der Waals surface area contributed by atoms with Crippen LogP contribution in [0.15, 0.2) is 6.07 Å². The summed E-state index contributed by atoms with van der Waals surface area (Å²) in [6.07, 6.45) is 1.45. The van der Waals surface area contributed by atoms with Crippen molar-refractivity contribution in [3.8, 4) is 0 Å². The fourth-order valence-corrected chi connectivity index (χ4v) is 4.90. The van der Waals surface area contributed by atoms with Gasteiger partial charge in [0.05, 0.1) is 10.9 Å². The number of rotatable bonds is 1. The molecule has 1 spiro atoms. The van der Waals surface area contributed by atoms with Gasteiger partial charge in [0.15, 0.2) is 0 Å². The van der Waals surface area contributed by atoms with E-state index in [1.165, 1.54) is 0 Å². The van der Waals surface area contributed by atoms with Crippen LogP contribution in [0.25, 0.3) is 0 Å². The monoisotopic (exact) mass is 301 g/mol. The summed E-state index contributed by atoms with van der Waals surface area (Å²) in [6, 6.07) is 2.41. The summed E-state index contributed by atoms with van der Waals surface area (Å²) in [5.74, 6) is 0. The number of piperidine rings is 1. The third-order valence-electron chi connectivity index (χ3n) is 4.48. The fraction of sp³-hybridized carbons (Fsp3) is 0.714. The number of hydrogen-bond donors (Lipinski definition) is 1. The van der Waals surface area contributed by atoms with Crippen LogP contribution in [0.3, 0.4) is 0 Å². The Labute approximate surface area is 123 Å². The highest BCUT2D eigenvalue weighted by Crippen LogP contribution is 2.50. The van der Waals surface area contributed by atoms with E-state index in [0.29, 0.717) is 12.6 Å². The molecule has 3 unspecified atom stereocenters. The van der Waals surface area contributed by atoms with Crippen LogP contribution in [0.1, 0.15) is 43.2 Å². The molecule has 0 saturated carbocycles. The normalized spacial score (nSPS) is 35.6. The number of aliphatic hydroxyl groups is 1. The van der Waals surface area contributed by atoms with Crippen molar-refractivity contribution in [3.05, 3.63) is 20.8 Å². The van der Waals surface area contributed by atoms with Crippen molar-refractivity contribution in [3.63, 3.8) is 0 Å². The lowest BCUT2D eigenvalue weighted by molar-refractivity contribution is -0.137. The average Bonchev–Trinajstić information content (AvgIpc) is 2.78. The minimum atomic E-state index is -0.524. The molecule has 5 heteroatoms. The largest absolute Gasteiger partial charge is 0.386 e. The van der Waals surface area contributed by atoms with E-state index in [0.717, 1.165) is 40.7 Å². The smallest absolute Gasteiger partial charge is 0.105 e. The van der Waals surface area contributed by atoms with Gasteiger partial charge in [0.25, 0.3) is 0 Å². The lowest BCUT2D eigenvalue weighted by Gasteiger charge is -2.47. The highest BCUT2D eigenvalue weighted by molar-refractivity contribution is 7.16. The average molecular weight is 302 g/mol. The number of likely N-dealkylation sites (tertiary alicyclic amines) is 1. The number of nitrogens with zero attached hydrogens (tertiary/aromatic N) is 1. The number of thiophene rings is 1. The molecule has 19 heavy (non-hydrogen) atoms. The standard InChI is InChI=1S/C14H20ClNO2S/c1-3-16-5-4-14(7-9(16)2)13-10(6-12(15)19-13)11(17)8-18-14/h6,9,11,17H,3-5,7-8H2,1-2H3. The van der Waals surface area contributed by atoms with E-state index in [4.69, 9.17) is 16.3 Å². The van der Waals surface area contributed by atoms with Crippen molar-refractivity contribution in [1.82, 2.24) is 4.90 Å². The van der Waals surface area contributed by atoms with Gasteiger partial charge in [0.2, 0.25) is 0 Å². The Morgan fingerprint density at radius 2 is 2.42 bits per heavy atom. The molecule has 3 atom stereocenters. The van der Waals surface area contributed by atoms with Crippen LogP contribution in [0, 0.1) is 0 Å². The van der Waals surface area contributed by atoms with E-state index in [9.17, 15) is 5.11 Å². The van der Waals surface area contributed by atoms with Crippen LogP contribution < -0.4 is 0 Å². The van der Waals surface area contributed by atoms with Gasteiger partial charge >= 0.3 is 0 Å². The van der Waals surface area contributed by atoms with Crippen molar-refractivity contribution in [2.75, 3.05) is 19.7 Å². The molecule has 0 radical (unpaired) electrons. The summed E-state index contributed by atoms with van der Waals surface area (Å²) in [6.45, 7) is 6.97. The van der Waals surface area contributed by atoms with Crippen LogP contribution in [0.4, 0.5) is 0 Å². The van der Waals surface area contributed by atoms with E-state index in [2.05, 4.69) is 18.7 Å². The summed E-state index contributed by atoms with van der Waals surface area (Å²) in [4.78, 5) is 3.63. The molecule has 3 rings (SSSR count). The van der Waals surface area contributed by atoms with Gasteiger partial charge in [-0.05, 0) is 32.4 Å². The quantitative estimate of drug-likeness (QED) is 0.865. The molecule has 1 saturated heterocycles. The summed E-state index contributed by atoms with van der Waals surface area (Å²) in [5.41, 5.74) is 0.760. The summed E-state index contributed by atoms with van der Waals surface area (Å²) in [7, 11) is 0. The lowest BCUT2D eigenvalue weighted by atomic mass is 9.81. The Morgan fingerprint density at radius 3 is 3.11 bits per heavy atom. The molecule has 2 aliphatic heterocycles. The molecule has 3 nitrogen and oxygen atoms in total. The van der Waals surface area contributed by atoms with E-state index >= 15 is 0 Å². The highest BCUT2D eigenvalue weighted by atomic mass is 35.5. The van der Waals surface area contributed by atoms with Gasteiger partial charge in [-0.1, -0.05) is 18.5 Å². The van der Waals surface area contributed by atoms with E-state index in [1.54, 1.807) is 11.3 Å². The second kappa shape index (κ2) is 5.01. The SMILES string of the molecule is CCN1CCC2(CC1C)OCC(O)c1cc(Cl)sc12. The van der Waals surface area contributed by atoms with Gasteiger partial charge in [-0.3, -0.25) is 0 Å². The van der Waals surface area contributed by atoms with Gasteiger partial charge < -0.3 is 14.7 Å². The van der Waals surface area contributed by atoms with Crippen LogP contribution in [-0.4, -0.2) is 35.7 Å². The Balaban J connectivity index is 1.95. The Bertz CT molecular complexity index is 478. The van der Waals surface area contributed by atoms with Crippen molar-refractivity contribution < 1.29 is 9.84 Å². The minimum absolute atomic E-state index is 0.225. The van der Waals surface area contributed by atoms with Crippen LogP contribution in [0.5, 0.6) is 0 Å². The maximum Gasteiger partial charge on any atom is 0.105 e. The zero-order chi connectivity index (χ0) is 13.6. The highest BCUT2D eigenvalue weighted by Gasteiger charge is 2.46. The molecular formula is C14H20ClNO2S. The Morgan fingerprint density at radius 1 is 1.63 bits per heavy atom. The number of ether oxygens (including phenoxy) is 1. The van der Waals surface area contributed by atoms with Gasteiger partial charge in [-0.15, -0.1) is 11.3 Å². The molecule has 106 valence electrons. The first-order valence-corrected chi connectivity index (χ1v) is 8.11. The number of halogens is 1. The van der Waals surface area contributed by atoms with Crippen molar-refractivity contribution in [2.45, 2.75) is 44.4 Å². The zero-order valence-electron chi connectivity index (χ0n) is 11.4. The van der Waals surface area contributed by atoms with Gasteiger partial charge in [-0.2, -0.15) is 0 Å². The van der Waals surface area contributed by atoms with Crippen LogP contribution in [-0.2, 0) is 10.3 Å². The molecule has 1 aromatic rings. The predicted octanol–water partition coefficient (Wildman–Crippen LogP) is 3.16. The van der Waals surface area contributed by atoms with Crippen molar-refractivity contribution in [1.29, 1.82) is 0 Å². The maximum atomic E-state index is 10.1. The first kappa shape index (κ1) is 13.8. The van der Waals surface area contributed by atoms with E-state index < -0.39 is 6.10 Å². The number of hydrogen-bond acceptors (Lipinski definition) is 4. The number of fused-ring (bicyclic) bond motifs is 2. The van der Waals surface area contributed by atoms with Crippen molar-refractivity contribution in [2.24, 2.45) is 0 Å². The topological polar surface area (TPSA) is 32.7 Å². The number of aliphatic hydroxyl groups excluding tert-OH is 1. The molecular weight excluding hydrogens is 282 g/mol. The van der Waals surface area contributed by atoms with Crippen LogP contribution >= 0.6 is 22.9 Å². The van der Waals surface area contributed by atoms with Gasteiger partial charge in [0.1, 0.15) is 11.7 Å². The summed E-state index contributed by atoms with van der Waals surface area (Å²) >= 11 is 7.72. The molecule has 1 N–H and O–H groups in total. The molecule has 2 aliphatic rings. The minimum Gasteiger partial charge on any atom is -0.386 e. The lowest BCUT2D eigenvalue weighted by Crippen LogP contribution is -2.50. The zero-order valence-corrected chi connectivity index (χ0v) is 12.9. The molecule has 0 amide bonds. The predicted molar refractivity (Wildman–Crippen MR) is 77.9 cm³/mol. The fourth-order valence-electron chi connectivity index (χ4n) is 3.43. The second-order valence-electron chi connectivity index (χ2n) is 5.59.